The first-order valence-corrected chi connectivity index (χ1v) is 7.13. The van der Waals surface area contributed by atoms with Crippen molar-refractivity contribution in [2.75, 3.05) is 7.05 Å². The molecule has 1 aliphatic carbocycles. The quantitative estimate of drug-likeness (QED) is 0.671. The Kier molecular flexibility index (Phi) is 4.72. The highest BCUT2D eigenvalue weighted by Crippen LogP contribution is 2.33. The molecule has 0 aromatic heterocycles. The zero-order valence-corrected chi connectivity index (χ0v) is 12.1. The molecule has 0 aliphatic heterocycles. The van der Waals surface area contributed by atoms with Crippen LogP contribution in [-0.4, -0.2) is 23.6 Å². The van der Waals surface area contributed by atoms with Gasteiger partial charge in [-0.2, -0.15) is 0 Å². The number of allylic oxidation sites excluding steroid dienone is 2. The van der Waals surface area contributed by atoms with Gasteiger partial charge in [-0.15, -0.1) is 0 Å². The molecule has 20 heavy (non-hydrogen) atoms. The fourth-order valence-corrected chi connectivity index (χ4v) is 2.75. The van der Waals surface area contributed by atoms with Gasteiger partial charge in [0.1, 0.15) is 5.76 Å². The van der Waals surface area contributed by atoms with Gasteiger partial charge < -0.3 is 5.11 Å². The lowest BCUT2D eigenvalue weighted by atomic mass is 9.79. The molecule has 0 saturated heterocycles. The molecule has 0 amide bonds. The number of hydrogen-bond donors (Lipinski definition) is 1. The summed E-state index contributed by atoms with van der Waals surface area (Å²) >= 11 is 0. The summed E-state index contributed by atoms with van der Waals surface area (Å²) in [5, 5.41) is 10.1. The molecule has 0 spiro atoms. The van der Waals surface area contributed by atoms with E-state index in [0.29, 0.717) is 18.4 Å². The molecule has 1 aromatic carbocycles. The topological polar surface area (TPSA) is 49.7 Å². The van der Waals surface area contributed by atoms with Gasteiger partial charge in [-0.25, -0.2) is 0 Å². The van der Waals surface area contributed by atoms with Crippen LogP contribution in [0.5, 0.6) is 0 Å². The molecule has 1 N–H and O–H groups in total. The number of Topliss-reactive ketones (excluding diaryl/α,β-unsaturated/α-hetero) is 1. The van der Waals surface area contributed by atoms with Crippen LogP contribution in [0.4, 0.5) is 0 Å². The van der Waals surface area contributed by atoms with Gasteiger partial charge in [0.15, 0.2) is 5.78 Å². The van der Waals surface area contributed by atoms with Crippen molar-refractivity contribution in [3.05, 3.63) is 47.2 Å². The molecule has 1 saturated carbocycles. The Morgan fingerprint density at radius 3 is 2.60 bits per heavy atom. The molecule has 1 aromatic rings. The Bertz CT molecular complexity index is 543. The SMILES string of the molecule is CCC/C(O)=C1/C(=O)CC(c2ccccc2)CC1=NC. The lowest BCUT2D eigenvalue weighted by Gasteiger charge is -2.25. The van der Waals surface area contributed by atoms with Crippen molar-refractivity contribution < 1.29 is 9.90 Å². The van der Waals surface area contributed by atoms with Gasteiger partial charge in [-0.1, -0.05) is 37.3 Å². The van der Waals surface area contributed by atoms with Gasteiger partial charge in [0.05, 0.1) is 5.57 Å². The fraction of sp³-hybridized carbons (Fsp3) is 0.412. The predicted octanol–water partition coefficient (Wildman–Crippen LogP) is 3.82. The number of aliphatic imine (C=N–C) groups is 1. The fourth-order valence-electron chi connectivity index (χ4n) is 2.75. The van der Waals surface area contributed by atoms with E-state index in [-0.39, 0.29) is 17.5 Å². The van der Waals surface area contributed by atoms with E-state index >= 15 is 0 Å². The van der Waals surface area contributed by atoms with Crippen LogP contribution in [0.15, 0.2) is 46.7 Å². The molecule has 2 rings (SSSR count). The van der Waals surface area contributed by atoms with E-state index in [0.717, 1.165) is 24.1 Å². The highest BCUT2D eigenvalue weighted by Gasteiger charge is 2.31. The Balaban J connectivity index is 2.30. The summed E-state index contributed by atoms with van der Waals surface area (Å²) < 4.78 is 0. The van der Waals surface area contributed by atoms with Gasteiger partial charge in [-0.05, 0) is 24.3 Å². The summed E-state index contributed by atoms with van der Waals surface area (Å²) in [6, 6.07) is 10.0. The summed E-state index contributed by atoms with van der Waals surface area (Å²) in [7, 11) is 1.69. The van der Waals surface area contributed by atoms with Gasteiger partial charge in [0, 0.05) is 25.6 Å². The molecule has 1 unspecified atom stereocenters. The van der Waals surface area contributed by atoms with E-state index in [1.54, 1.807) is 7.05 Å². The first-order chi connectivity index (χ1) is 9.67. The minimum absolute atomic E-state index is 0.0108. The summed E-state index contributed by atoms with van der Waals surface area (Å²) in [5.74, 6) is 0.377. The molecule has 106 valence electrons. The largest absolute Gasteiger partial charge is 0.511 e. The molecular weight excluding hydrogens is 250 g/mol. The van der Waals surface area contributed by atoms with E-state index in [4.69, 9.17) is 0 Å². The van der Waals surface area contributed by atoms with Crippen molar-refractivity contribution >= 4 is 11.5 Å². The Morgan fingerprint density at radius 1 is 1.30 bits per heavy atom. The second kappa shape index (κ2) is 6.51. The second-order valence-corrected chi connectivity index (χ2v) is 5.18. The number of benzene rings is 1. The number of nitrogens with zero attached hydrogens (tertiary/aromatic N) is 1. The number of aliphatic hydroxyl groups is 1. The molecule has 1 fully saturated rings. The molecule has 0 heterocycles. The second-order valence-electron chi connectivity index (χ2n) is 5.18. The van der Waals surface area contributed by atoms with Crippen molar-refractivity contribution in [2.24, 2.45) is 4.99 Å². The highest BCUT2D eigenvalue weighted by atomic mass is 16.3. The Labute approximate surface area is 120 Å². The number of carbonyl (C=O) groups is 1. The van der Waals surface area contributed by atoms with Crippen LogP contribution >= 0.6 is 0 Å². The summed E-state index contributed by atoms with van der Waals surface area (Å²) in [5.41, 5.74) is 2.36. The third-order valence-electron chi connectivity index (χ3n) is 3.76. The third kappa shape index (κ3) is 2.98. The van der Waals surface area contributed by atoms with Crippen molar-refractivity contribution in [3.63, 3.8) is 0 Å². The molecular formula is C17H21NO2. The number of aliphatic hydroxyl groups excluding tert-OH is 1. The maximum Gasteiger partial charge on any atom is 0.168 e. The van der Waals surface area contributed by atoms with Crippen LogP contribution in [0.2, 0.25) is 0 Å². The third-order valence-corrected chi connectivity index (χ3v) is 3.76. The van der Waals surface area contributed by atoms with E-state index in [1.165, 1.54) is 0 Å². The average molecular weight is 271 g/mol. The summed E-state index contributed by atoms with van der Waals surface area (Å²) in [6.45, 7) is 1.99. The van der Waals surface area contributed by atoms with Crippen LogP contribution in [0.3, 0.4) is 0 Å². The lowest BCUT2D eigenvalue weighted by Crippen LogP contribution is -2.26. The minimum atomic E-state index is 0.0108. The van der Waals surface area contributed by atoms with Crippen molar-refractivity contribution in [2.45, 2.75) is 38.5 Å². The summed E-state index contributed by atoms with van der Waals surface area (Å²) in [4.78, 5) is 16.6. The Morgan fingerprint density at radius 2 is 2.00 bits per heavy atom. The van der Waals surface area contributed by atoms with Crippen LogP contribution in [0, 0.1) is 0 Å². The van der Waals surface area contributed by atoms with E-state index in [1.807, 2.05) is 37.3 Å². The maximum atomic E-state index is 12.4. The summed E-state index contributed by atoms with van der Waals surface area (Å²) in [6.07, 6.45) is 2.53. The van der Waals surface area contributed by atoms with Gasteiger partial charge >= 0.3 is 0 Å². The smallest absolute Gasteiger partial charge is 0.168 e. The standard InChI is InChI=1S/C17H21NO2/c1-3-7-15(19)17-14(18-2)10-13(11-16(17)20)12-8-5-4-6-9-12/h4-6,8-9,13,19H,3,7,10-11H2,1-2H3/b17-15-,18-14?. The maximum absolute atomic E-state index is 12.4. The van der Waals surface area contributed by atoms with Crippen LogP contribution in [-0.2, 0) is 4.79 Å². The highest BCUT2D eigenvalue weighted by molar-refractivity contribution is 6.24. The van der Waals surface area contributed by atoms with Crippen LogP contribution in [0.25, 0.3) is 0 Å². The van der Waals surface area contributed by atoms with Crippen molar-refractivity contribution in [1.82, 2.24) is 0 Å². The first kappa shape index (κ1) is 14.5. The molecule has 3 nitrogen and oxygen atoms in total. The van der Waals surface area contributed by atoms with E-state index < -0.39 is 0 Å². The number of carbonyl (C=O) groups excluding carboxylic acids is 1. The average Bonchev–Trinajstić information content (AvgIpc) is 2.47. The monoisotopic (exact) mass is 271 g/mol. The predicted molar refractivity (Wildman–Crippen MR) is 81.3 cm³/mol. The van der Waals surface area contributed by atoms with Crippen LogP contribution in [0.1, 0.15) is 44.1 Å². The molecule has 1 aliphatic rings. The van der Waals surface area contributed by atoms with Crippen molar-refractivity contribution in [3.8, 4) is 0 Å². The normalized spacial score (nSPS) is 24.0. The molecule has 3 heteroatoms. The van der Waals surface area contributed by atoms with E-state index in [9.17, 15) is 9.90 Å². The Hall–Kier alpha value is -1.90. The van der Waals surface area contributed by atoms with Gasteiger partial charge in [0.2, 0.25) is 0 Å². The van der Waals surface area contributed by atoms with Crippen molar-refractivity contribution in [1.29, 1.82) is 0 Å². The molecule has 0 bridgehead atoms. The first-order valence-electron chi connectivity index (χ1n) is 7.13. The van der Waals surface area contributed by atoms with Gasteiger partial charge in [-0.3, -0.25) is 9.79 Å². The number of ketones is 1. The molecule has 0 radical (unpaired) electrons. The van der Waals surface area contributed by atoms with Crippen LogP contribution < -0.4 is 0 Å². The zero-order chi connectivity index (χ0) is 14.5. The number of rotatable bonds is 3. The van der Waals surface area contributed by atoms with Gasteiger partial charge in [0.25, 0.3) is 0 Å². The van der Waals surface area contributed by atoms with E-state index in [2.05, 4.69) is 4.99 Å². The molecule has 1 atom stereocenters. The minimum Gasteiger partial charge on any atom is -0.511 e. The number of hydrogen-bond acceptors (Lipinski definition) is 3. The lowest BCUT2D eigenvalue weighted by molar-refractivity contribution is -0.115. The zero-order valence-electron chi connectivity index (χ0n) is 12.1.